The van der Waals surface area contributed by atoms with Crippen LogP contribution in [0.2, 0.25) is 0 Å². The van der Waals surface area contributed by atoms with Gasteiger partial charge in [0.15, 0.2) is 0 Å². The molecule has 2 atom stereocenters. The molecule has 106 valence electrons. The molecule has 2 N–H and O–H groups in total. The Kier molecular flexibility index (Phi) is 4.23. The van der Waals surface area contributed by atoms with Gasteiger partial charge in [-0.1, -0.05) is 6.42 Å². The van der Waals surface area contributed by atoms with Crippen LogP contribution >= 0.6 is 0 Å². The summed E-state index contributed by atoms with van der Waals surface area (Å²) in [5, 5.41) is 21.5. The molecule has 0 amide bonds. The number of pyridine rings is 1. The summed E-state index contributed by atoms with van der Waals surface area (Å²) in [6.07, 6.45) is 2.61. The van der Waals surface area contributed by atoms with E-state index in [1.54, 1.807) is 0 Å². The molecule has 1 aliphatic rings. The van der Waals surface area contributed by atoms with E-state index in [9.17, 15) is 15.2 Å². The summed E-state index contributed by atoms with van der Waals surface area (Å²) in [4.78, 5) is 15.5. The molecule has 0 aliphatic heterocycles. The van der Waals surface area contributed by atoms with Crippen LogP contribution in [0.25, 0.3) is 0 Å². The van der Waals surface area contributed by atoms with Gasteiger partial charge in [0, 0.05) is 12.2 Å². The van der Waals surface area contributed by atoms with Crippen molar-refractivity contribution in [3.63, 3.8) is 0 Å². The molecule has 0 aromatic carbocycles. The maximum absolute atomic E-state index is 11.2. The van der Waals surface area contributed by atoms with Crippen LogP contribution in [0, 0.1) is 37.0 Å². The second-order valence-corrected chi connectivity index (χ2v) is 5.43. The third-order valence-corrected chi connectivity index (χ3v) is 3.96. The highest BCUT2D eigenvalue weighted by molar-refractivity contribution is 5.70. The molecular weight excluding hydrogens is 254 g/mol. The fourth-order valence-electron chi connectivity index (χ4n) is 2.94. The van der Waals surface area contributed by atoms with Crippen molar-refractivity contribution in [1.29, 1.82) is 5.26 Å². The number of nitrogens with one attached hydrogen (secondary N) is 1. The molecule has 1 saturated carbocycles. The Morgan fingerprint density at radius 1 is 1.55 bits per heavy atom. The zero-order chi connectivity index (χ0) is 14.7. The van der Waals surface area contributed by atoms with Crippen molar-refractivity contribution in [1.82, 2.24) is 4.98 Å². The fraction of sp³-hybridized carbons (Fsp3) is 0.533. The van der Waals surface area contributed by atoms with Crippen LogP contribution < -0.4 is 5.32 Å². The summed E-state index contributed by atoms with van der Waals surface area (Å²) in [5.74, 6) is -0.315. The van der Waals surface area contributed by atoms with Crippen molar-refractivity contribution >= 4 is 11.8 Å². The molecule has 5 heteroatoms. The Labute approximate surface area is 118 Å². The molecule has 0 radical (unpaired) electrons. The number of carbonyl (C=O) groups is 1. The number of rotatable bonds is 4. The minimum absolute atomic E-state index is 0.113. The van der Waals surface area contributed by atoms with Gasteiger partial charge in [0.05, 0.1) is 11.5 Å². The summed E-state index contributed by atoms with van der Waals surface area (Å²) in [6.45, 7) is 4.32. The molecule has 1 aromatic rings. The zero-order valence-corrected chi connectivity index (χ0v) is 11.8. The van der Waals surface area contributed by atoms with E-state index in [0.29, 0.717) is 17.9 Å². The molecule has 1 heterocycles. The molecule has 5 nitrogen and oxygen atoms in total. The number of nitriles is 1. The minimum Gasteiger partial charge on any atom is -0.481 e. The highest BCUT2D eigenvalue weighted by atomic mass is 16.4. The molecule has 0 spiro atoms. The van der Waals surface area contributed by atoms with Crippen molar-refractivity contribution < 1.29 is 9.90 Å². The van der Waals surface area contributed by atoms with Gasteiger partial charge in [-0.3, -0.25) is 4.79 Å². The van der Waals surface area contributed by atoms with E-state index in [4.69, 9.17) is 0 Å². The number of aliphatic carboxylic acids is 1. The van der Waals surface area contributed by atoms with Crippen LogP contribution in [0.3, 0.4) is 0 Å². The summed E-state index contributed by atoms with van der Waals surface area (Å²) in [6, 6.07) is 4.03. The van der Waals surface area contributed by atoms with Gasteiger partial charge in [-0.2, -0.15) is 5.26 Å². The predicted octanol–water partition coefficient (Wildman–Crippen LogP) is 2.48. The van der Waals surface area contributed by atoms with Crippen molar-refractivity contribution in [2.45, 2.75) is 33.1 Å². The molecule has 2 unspecified atom stereocenters. The lowest BCUT2D eigenvalue weighted by Crippen LogP contribution is -2.25. The molecule has 1 aromatic heterocycles. The highest BCUT2D eigenvalue weighted by Crippen LogP contribution is 2.32. The number of carboxylic acids is 1. The first-order chi connectivity index (χ1) is 9.52. The average Bonchev–Trinajstić information content (AvgIpc) is 2.84. The zero-order valence-electron chi connectivity index (χ0n) is 11.8. The van der Waals surface area contributed by atoms with Crippen LogP contribution in [0.1, 0.15) is 36.1 Å². The van der Waals surface area contributed by atoms with Crippen LogP contribution in [0.5, 0.6) is 0 Å². The maximum Gasteiger partial charge on any atom is 0.306 e. The van der Waals surface area contributed by atoms with Crippen LogP contribution in [0.4, 0.5) is 5.82 Å². The molecule has 0 saturated heterocycles. The van der Waals surface area contributed by atoms with E-state index in [1.807, 2.05) is 19.9 Å². The molecule has 20 heavy (non-hydrogen) atoms. The number of hydrogen-bond acceptors (Lipinski definition) is 4. The topological polar surface area (TPSA) is 86.0 Å². The largest absolute Gasteiger partial charge is 0.481 e. The number of nitrogens with zero attached hydrogens (tertiary/aromatic N) is 2. The fourth-order valence-corrected chi connectivity index (χ4v) is 2.94. The first kappa shape index (κ1) is 14.3. The summed E-state index contributed by atoms with van der Waals surface area (Å²) < 4.78 is 0. The molecule has 0 bridgehead atoms. The monoisotopic (exact) mass is 273 g/mol. The first-order valence-electron chi connectivity index (χ1n) is 6.88. The van der Waals surface area contributed by atoms with Crippen LogP contribution in [-0.2, 0) is 4.79 Å². The Morgan fingerprint density at radius 2 is 2.30 bits per heavy atom. The van der Waals surface area contributed by atoms with E-state index in [0.717, 1.165) is 30.5 Å². The summed E-state index contributed by atoms with van der Waals surface area (Å²) in [7, 11) is 0. The Morgan fingerprint density at radius 3 is 2.95 bits per heavy atom. The van der Waals surface area contributed by atoms with Gasteiger partial charge in [0.2, 0.25) is 0 Å². The van der Waals surface area contributed by atoms with Crippen molar-refractivity contribution in [2.24, 2.45) is 11.8 Å². The van der Waals surface area contributed by atoms with Crippen LogP contribution in [-0.4, -0.2) is 22.6 Å². The summed E-state index contributed by atoms with van der Waals surface area (Å²) >= 11 is 0. The quantitative estimate of drug-likeness (QED) is 0.880. The predicted molar refractivity (Wildman–Crippen MR) is 75.4 cm³/mol. The number of anilines is 1. The van der Waals surface area contributed by atoms with Crippen LogP contribution in [0.15, 0.2) is 6.07 Å². The number of aromatic nitrogens is 1. The van der Waals surface area contributed by atoms with Gasteiger partial charge in [-0.25, -0.2) is 4.98 Å². The van der Waals surface area contributed by atoms with Gasteiger partial charge in [-0.15, -0.1) is 0 Å². The van der Waals surface area contributed by atoms with E-state index in [1.165, 1.54) is 0 Å². The maximum atomic E-state index is 11.2. The van der Waals surface area contributed by atoms with Gasteiger partial charge in [-0.05, 0) is 44.2 Å². The molecule has 1 fully saturated rings. The third kappa shape index (κ3) is 2.90. The second-order valence-electron chi connectivity index (χ2n) is 5.43. The first-order valence-corrected chi connectivity index (χ1v) is 6.88. The number of hydrogen-bond donors (Lipinski definition) is 2. The van der Waals surface area contributed by atoms with Crippen molar-refractivity contribution in [3.8, 4) is 6.07 Å². The van der Waals surface area contributed by atoms with Gasteiger partial charge >= 0.3 is 5.97 Å². The molecule has 2 rings (SSSR count). The second kappa shape index (κ2) is 5.91. The lowest BCUT2D eigenvalue weighted by atomic mass is 9.96. The number of aryl methyl sites for hydroxylation is 2. The lowest BCUT2D eigenvalue weighted by Gasteiger charge is -2.18. The normalized spacial score (nSPS) is 21.4. The third-order valence-electron chi connectivity index (χ3n) is 3.96. The molecule has 1 aliphatic carbocycles. The lowest BCUT2D eigenvalue weighted by molar-refractivity contribution is -0.142. The van der Waals surface area contributed by atoms with E-state index in [-0.39, 0.29) is 11.8 Å². The Hall–Kier alpha value is -2.09. The van der Waals surface area contributed by atoms with Gasteiger partial charge in [0.25, 0.3) is 0 Å². The average molecular weight is 273 g/mol. The van der Waals surface area contributed by atoms with Crippen molar-refractivity contribution in [3.05, 3.63) is 22.9 Å². The molecular formula is C15H19N3O2. The number of carboxylic acid groups (broad SMARTS) is 1. The van der Waals surface area contributed by atoms with Gasteiger partial charge < -0.3 is 10.4 Å². The van der Waals surface area contributed by atoms with E-state index < -0.39 is 5.97 Å². The van der Waals surface area contributed by atoms with Crippen molar-refractivity contribution in [2.75, 3.05) is 11.9 Å². The minimum atomic E-state index is -0.719. The smallest absolute Gasteiger partial charge is 0.306 e. The van der Waals surface area contributed by atoms with Gasteiger partial charge in [0.1, 0.15) is 11.9 Å². The SMILES string of the molecule is Cc1cc(C)c(C#N)c(NCC2CCCC2C(=O)O)n1. The Balaban J connectivity index is 2.12. The summed E-state index contributed by atoms with van der Waals surface area (Å²) in [5.41, 5.74) is 2.29. The van der Waals surface area contributed by atoms with E-state index >= 15 is 0 Å². The standard InChI is InChI=1S/C15H19N3O2/c1-9-6-10(2)18-14(13(9)7-16)17-8-11-4-3-5-12(11)15(19)20/h6,11-12H,3-5,8H2,1-2H3,(H,17,18)(H,19,20). The highest BCUT2D eigenvalue weighted by Gasteiger charge is 2.32. The Bertz CT molecular complexity index is 563. The van der Waals surface area contributed by atoms with E-state index in [2.05, 4.69) is 16.4 Å².